The van der Waals surface area contributed by atoms with Gasteiger partial charge in [0.25, 0.3) is 0 Å². The Morgan fingerprint density at radius 2 is 2.04 bits per heavy atom. The molecule has 1 aromatic carbocycles. The fourth-order valence-corrected chi connectivity index (χ4v) is 4.51. The number of hydrogen-bond acceptors (Lipinski definition) is 6. The number of benzene rings is 1. The van der Waals surface area contributed by atoms with E-state index in [2.05, 4.69) is 10.3 Å². The molecule has 0 radical (unpaired) electrons. The molecule has 2 aromatic rings. The molecule has 0 bridgehead atoms. The Kier molecular flexibility index (Phi) is 6.50. The Balaban J connectivity index is 1.80. The third kappa shape index (κ3) is 4.79. The quantitative estimate of drug-likeness (QED) is 0.759. The highest BCUT2D eigenvalue weighted by Gasteiger charge is 2.29. The first-order valence-corrected chi connectivity index (χ1v) is 10.4. The van der Waals surface area contributed by atoms with Gasteiger partial charge in [0, 0.05) is 19.3 Å². The number of pyridine rings is 1. The number of morpholine rings is 1. The van der Waals surface area contributed by atoms with Gasteiger partial charge in [-0.1, -0.05) is 17.7 Å². The second-order valence-electron chi connectivity index (χ2n) is 6.09. The van der Waals surface area contributed by atoms with Gasteiger partial charge in [0.1, 0.15) is 16.5 Å². The molecule has 0 saturated carbocycles. The topological polar surface area (TPSA) is 97.8 Å². The van der Waals surface area contributed by atoms with Gasteiger partial charge in [0.15, 0.2) is 0 Å². The summed E-state index contributed by atoms with van der Waals surface area (Å²) in [5.41, 5.74) is 0.541. The maximum Gasteiger partial charge on any atom is 0.246 e. The summed E-state index contributed by atoms with van der Waals surface area (Å²) in [6, 6.07) is 7.88. The van der Waals surface area contributed by atoms with Crippen molar-refractivity contribution in [3.63, 3.8) is 0 Å². The molecule has 1 aliphatic heterocycles. The molecule has 1 aromatic heterocycles. The third-order valence-corrected chi connectivity index (χ3v) is 6.32. The van der Waals surface area contributed by atoms with Crippen LogP contribution in [0.25, 0.3) is 0 Å². The van der Waals surface area contributed by atoms with Crippen LogP contribution in [-0.2, 0) is 26.0 Å². The lowest BCUT2D eigenvalue weighted by Crippen LogP contribution is -2.40. The van der Waals surface area contributed by atoms with Crippen LogP contribution in [0.3, 0.4) is 0 Å². The number of nitrogens with zero attached hydrogens (tertiary/aromatic N) is 2. The lowest BCUT2D eigenvalue weighted by Gasteiger charge is -2.26. The van der Waals surface area contributed by atoms with E-state index in [4.69, 9.17) is 21.1 Å². The van der Waals surface area contributed by atoms with Crippen LogP contribution in [0.2, 0.25) is 5.02 Å². The smallest absolute Gasteiger partial charge is 0.246 e. The monoisotopic (exact) mass is 425 g/mol. The number of anilines is 1. The molecule has 10 heteroatoms. The zero-order valence-electron chi connectivity index (χ0n) is 15.2. The molecule has 0 atom stereocenters. The highest BCUT2D eigenvalue weighted by Crippen LogP contribution is 2.28. The number of hydrogen-bond donors (Lipinski definition) is 1. The third-order valence-electron chi connectivity index (χ3n) is 4.18. The highest BCUT2D eigenvalue weighted by atomic mass is 35.5. The Labute approximate surface area is 168 Å². The van der Waals surface area contributed by atoms with Gasteiger partial charge in [-0.2, -0.15) is 4.31 Å². The van der Waals surface area contributed by atoms with Crippen molar-refractivity contribution in [2.24, 2.45) is 0 Å². The summed E-state index contributed by atoms with van der Waals surface area (Å²) in [6.45, 7) is 1.24. The maximum absolute atomic E-state index is 13.0. The molecule has 1 saturated heterocycles. The van der Waals surface area contributed by atoms with E-state index in [1.54, 1.807) is 24.3 Å². The molecule has 3 rings (SSSR count). The molecule has 1 N–H and O–H groups in total. The Morgan fingerprint density at radius 3 is 2.68 bits per heavy atom. The van der Waals surface area contributed by atoms with E-state index in [0.717, 1.165) is 0 Å². The van der Waals surface area contributed by atoms with Gasteiger partial charge >= 0.3 is 0 Å². The summed E-state index contributed by atoms with van der Waals surface area (Å²) in [5.74, 6) is 0.272. The summed E-state index contributed by atoms with van der Waals surface area (Å²) in [6.07, 6.45) is 1.41. The van der Waals surface area contributed by atoms with E-state index >= 15 is 0 Å². The highest BCUT2D eigenvalue weighted by molar-refractivity contribution is 7.89. The number of carbonyl (C=O) groups is 1. The lowest BCUT2D eigenvalue weighted by molar-refractivity contribution is -0.115. The van der Waals surface area contributed by atoms with E-state index in [9.17, 15) is 13.2 Å². The summed E-state index contributed by atoms with van der Waals surface area (Å²) < 4.78 is 37.8. The Hall–Kier alpha value is -2.20. The summed E-state index contributed by atoms with van der Waals surface area (Å²) in [4.78, 5) is 16.3. The molecule has 150 valence electrons. The van der Waals surface area contributed by atoms with Crippen molar-refractivity contribution >= 4 is 33.3 Å². The van der Waals surface area contributed by atoms with E-state index in [0.29, 0.717) is 29.6 Å². The molecular formula is C18H20ClN3O5S. The fraction of sp³-hybridized carbons (Fsp3) is 0.333. The van der Waals surface area contributed by atoms with Crippen LogP contribution in [0.15, 0.2) is 41.4 Å². The zero-order chi connectivity index (χ0) is 20.1. The number of halogens is 1. The van der Waals surface area contributed by atoms with Crippen LogP contribution >= 0.6 is 11.6 Å². The molecule has 1 fully saturated rings. The minimum Gasteiger partial charge on any atom is -0.495 e. The van der Waals surface area contributed by atoms with Crippen molar-refractivity contribution in [2.45, 2.75) is 11.3 Å². The van der Waals surface area contributed by atoms with Gasteiger partial charge in [0.05, 0.1) is 31.8 Å². The number of methoxy groups -OCH3 is 1. The van der Waals surface area contributed by atoms with Crippen molar-refractivity contribution in [1.82, 2.24) is 9.29 Å². The van der Waals surface area contributed by atoms with Crippen molar-refractivity contribution in [1.29, 1.82) is 0 Å². The number of rotatable bonds is 6. The second kappa shape index (κ2) is 8.87. The predicted molar refractivity (Wildman–Crippen MR) is 104 cm³/mol. The fourth-order valence-electron chi connectivity index (χ4n) is 2.78. The molecule has 0 unspecified atom stereocenters. The predicted octanol–water partition coefficient (Wildman–Crippen LogP) is 1.95. The molecule has 0 spiro atoms. The van der Waals surface area contributed by atoms with Crippen LogP contribution in [-0.4, -0.2) is 57.0 Å². The van der Waals surface area contributed by atoms with Gasteiger partial charge in [-0.25, -0.2) is 13.4 Å². The Bertz CT molecular complexity index is 944. The molecular weight excluding hydrogens is 406 g/mol. The molecule has 2 heterocycles. The second-order valence-corrected chi connectivity index (χ2v) is 8.43. The first-order valence-electron chi connectivity index (χ1n) is 8.56. The van der Waals surface area contributed by atoms with Crippen LogP contribution in [0.4, 0.5) is 5.82 Å². The summed E-state index contributed by atoms with van der Waals surface area (Å²) >= 11 is 5.77. The van der Waals surface area contributed by atoms with Crippen molar-refractivity contribution in [3.05, 3.63) is 47.1 Å². The van der Waals surface area contributed by atoms with E-state index in [1.807, 2.05) is 0 Å². The maximum atomic E-state index is 13.0. The van der Waals surface area contributed by atoms with E-state index < -0.39 is 10.0 Å². The number of carbonyl (C=O) groups excluding carboxylic acids is 1. The van der Waals surface area contributed by atoms with Crippen LogP contribution in [0, 0.1) is 0 Å². The molecule has 8 nitrogen and oxygen atoms in total. The summed E-state index contributed by atoms with van der Waals surface area (Å²) in [7, 11) is -2.35. The molecule has 1 amide bonds. The Morgan fingerprint density at radius 1 is 1.29 bits per heavy atom. The van der Waals surface area contributed by atoms with Gasteiger partial charge in [-0.05, 0) is 29.8 Å². The van der Waals surface area contributed by atoms with Crippen molar-refractivity contribution in [3.8, 4) is 5.75 Å². The number of sulfonamides is 1. The van der Waals surface area contributed by atoms with E-state index in [1.165, 1.54) is 23.7 Å². The summed E-state index contributed by atoms with van der Waals surface area (Å²) in [5, 5.41) is 3.12. The first-order chi connectivity index (χ1) is 13.4. The van der Waals surface area contributed by atoms with E-state index in [-0.39, 0.29) is 36.1 Å². The number of amides is 1. The van der Waals surface area contributed by atoms with Crippen LogP contribution in [0.1, 0.15) is 5.56 Å². The van der Waals surface area contributed by atoms with Gasteiger partial charge in [0.2, 0.25) is 15.9 Å². The van der Waals surface area contributed by atoms with Crippen LogP contribution < -0.4 is 10.1 Å². The molecule has 1 aliphatic rings. The average Bonchev–Trinajstić information content (AvgIpc) is 2.70. The molecule has 0 aliphatic carbocycles. The standard InChI is InChI=1S/C18H20ClN3O5S/c1-26-15-4-2-13(11-18(23)21-17-5-3-14(19)12-20-17)10-16(15)28(24,25)22-6-8-27-9-7-22/h2-5,10,12H,6-9,11H2,1H3,(H,20,21,23). The number of aromatic nitrogens is 1. The zero-order valence-corrected chi connectivity index (χ0v) is 16.8. The SMILES string of the molecule is COc1ccc(CC(=O)Nc2ccc(Cl)cn2)cc1S(=O)(=O)N1CCOCC1. The lowest BCUT2D eigenvalue weighted by atomic mass is 10.1. The minimum absolute atomic E-state index is 0.0140. The number of ether oxygens (including phenoxy) is 2. The van der Waals surface area contributed by atoms with Gasteiger partial charge in [-0.3, -0.25) is 4.79 Å². The average molecular weight is 426 g/mol. The number of nitrogens with one attached hydrogen (secondary N) is 1. The normalized spacial score (nSPS) is 15.2. The van der Waals surface area contributed by atoms with Gasteiger partial charge < -0.3 is 14.8 Å². The first kappa shape index (κ1) is 20.5. The van der Waals surface area contributed by atoms with Crippen molar-refractivity contribution in [2.75, 3.05) is 38.7 Å². The van der Waals surface area contributed by atoms with Gasteiger partial charge in [-0.15, -0.1) is 0 Å². The molecule has 28 heavy (non-hydrogen) atoms. The van der Waals surface area contributed by atoms with Crippen LogP contribution in [0.5, 0.6) is 5.75 Å². The minimum atomic E-state index is -3.76. The largest absolute Gasteiger partial charge is 0.495 e. The van der Waals surface area contributed by atoms with Crippen molar-refractivity contribution < 1.29 is 22.7 Å².